The molecule has 12 nitrogen and oxygen atoms in total. The molecule has 2 aromatic carbocycles. The maximum Gasteiger partial charge on any atom is 0.282 e. The first-order chi connectivity index (χ1) is 22.0. The second-order valence-electron chi connectivity index (χ2n) is 12.8. The number of imide groups is 2. The molecule has 2 fully saturated rings. The summed E-state index contributed by atoms with van der Waals surface area (Å²) >= 11 is 3.42. The summed E-state index contributed by atoms with van der Waals surface area (Å²) in [6, 6.07) is 11.5. The molecule has 1 aromatic heterocycles. The van der Waals surface area contributed by atoms with Gasteiger partial charge in [0.2, 0.25) is 11.8 Å². The number of anilines is 1. The highest BCUT2D eigenvalue weighted by atomic mass is 79.9. The number of amides is 4. The number of fused-ring (bicyclic) bond motifs is 2. The maximum atomic E-state index is 13.2. The summed E-state index contributed by atoms with van der Waals surface area (Å²) in [5, 5.41) is 9.91. The SMILES string of the molecule is CN1C[C@H](Nc2cnn(C)c(=O)c2Br)C[C@H](c2ccc(CN3Cc4cc5c(cc4C3)C(=O)N(C3CCC(=O)NC3=O)C5=O)cc2)C1. The molecule has 0 aliphatic carbocycles. The topological polar surface area (TPSA) is 137 Å². The van der Waals surface area contributed by atoms with E-state index in [0.29, 0.717) is 40.3 Å². The number of halogens is 1. The molecule has 0 saturated carbocycles. The molecule has 238 valence electrons. The van der Waals surface area contributed by atoms with Crippen molar-refractivity contribution in [3.05, 3.63) is 90.8 Å². The van der Waals surface area contributed by atoms with Gasteiger partial charge in [-0.25, -0.2) is 4.68 Å². The van der Waals surface area contributed by atoms with Crippen LogP contribution in [-0.2, 0) is 36.3 Å². The Morgan fingerprint density at radius 2 is 1.63 bits per heavy atom. The molecule has 4 aliphatic heterocycles. The number of likely N-dealkylation sites (tertiary alicyclic amines) is 1. The van der Waals surface area contributed by atoms with Crippen LogP contribution in [0.5, 0.6) is 0 Å². The number of rotatable bonds is 6. The van der Waals surface area contributed by atoms with Crippen LogP contribution in [0.2, 0.25) is 0 Å². The molecule has 2 N–H and O–H groups in total. The second-order valence-corrected chi connectivity index (χ2v) is 13.6. The quantitative estimate of drug-likeness (QED) is 0.374. The summed E-state index contributed by atoms with van der Waals surface area (Å²) < 4.78 is 1.79. The largest absolute Gasteiger partial charge is 0.379 e. The number of aromatic nitrogens is 2. The Bertz CT molecular complexity index is 1800. The molecule has 3 atom stereocenters. The minimum Gasteiger partial charge on any atom is -0.379 e. The van der Waals surface area contributed by atoms with Crippen LogP contribution in [0, 0.1) is 0 Å². The molecule has 0 bridgehead atoms. The minimum absolute atomic E-state index is 0.0966. The summed E-state index contributed by atoms with van der Waals surface area (Å²) in [6.45, 7) is 3.83. The van der Waals surface area contributed by atoms with Crippen molar-refractivity contribution < 1.29 is 19.2 Å². The van der Waals surface area contributed by atoms with E-state index in [2.05, 4.69) is 72.8 Å². The van der Waals surface area contributed by atoms with E-state index in [9.17, 15) is 24.0 Å². The van der Waals surface area contributed by atoms with Crippen LogP contribution >= 0.6 is 15.9 Å². The van der Waals surface area contributed by atoms with Gasteiger partial charge in [0.05, 0.1) is 23.0 Å². The van der Waals surface area contributed by atoms with Crippen LogP contribution in [0.3, 0.4) is 0 Å². The lowest BCUT2D eigenvalue weighted by molar-refractivity contribution is -0.136. The van der Waals surface area contributed by atoms with Crippen molar-refractivity contribution >= 4 is 45.2 Å². The van der Waals surface area contributed by atoms with E-state index in [1.54, 1.807) is 25.4 Å². The van der Waals surface area contributed by atoms with Crippen LogP contribution in [0.15, 0.2) is 51.9 Å². The smallest absolute Gasteiger partial charge is 0.282 e. The minimum atomic E-state index is -0.963. The van der Waals surface area contributed by atoms with E-state index < -0.39 is 23.8 Å². The zero-order chi connectivity index (χ0) is 32.3. The average Bonchev–Trinajstić information content (AvgIpc) is 3.53. The Hall–Kier alpha value is -4.20. The van der Waals surface area contributed by atoms with E-state index in [0.717, 1.165) is 42.1 Å². The van der Waals surface area contributed by atoms with Crippen molar-refractivity contribution in [3.63, 3.8) is 0 Å². The van der Waals surface area contributed by atoms with Crippen molar-refractivity contribution in [1.82, 2.24) is 29.8 Å². The van der Waals surface area contributed by atoms with Crippen LogP contribution in [0.1, 0.15) is 68.2 Å². The fraction of sp³-hybridized carbons (Fsp3) is 0.394. The molecule has 4 amide bonds. The standard InChI is InChI=1S/C33H34BrN7O5/c1-38-14-20(9-23(17-38)36-26-12-35-39(2)33(46)29(26)34)19-5-3-18(4-6-19)13-40-15-21-10-24-25(11-22(21)16-40)32(45)41(31(24)44)27-7-8-28(42)37-30(27)43/h3-6,10-12,20,23,27,36H,7-9,13-17H2,1-2H3,(H,37,42,43)/t20-,23+,27?/m0/s1. The molecule has 4 aliphatic rings. The third-order valence-electron chi connectivity index (χ3n) is 9.48. The Kier molecular flexibility index (Phi) is 7.86. The fourth-order valence-electron chi connectivity index (χ4n) is 7.20. The molecule has 46 heavy (non-hydrogen) atoms. The van der Waals surface area contributed by atoms with Gasteiger partial charge in [0.1, 0.15) is 10.5 Å². The zero-order valence-corrected chi connectivity index (χ0v) is 27.2. The summed E-state index contributed by atoms with van der Waals surface area (Å²) in [5.41, 5.74) is 5.62. The molecule has 0 radical (unpaired) electrons. The van der Waals surface area contributed by atoms with Crippen molar-refractivity contribution in [2.75, 3.05) is 25.5 Å². The van der Waals surface area contributed by atoms with Crippen LogP contribution in [-0.4, -0.2) is 80.3 Å². The van der Waals surface area contributed by atoms with Crippen molar-refractivity contribution in [2.24, 2.45) is 7.05 Å². The summed E-state index contributed by atoms with van der Waals surface area (Å²) in [6.07, 6.45) is 2.85. The molecule has 0 spiro atoms. The number of carbonyl (C=O) groups excluding carboxylic acids is 4. The molecule has 3 aromatic rings. The number of benzene rings is 2. The van der Waals surface area contributed by atoms with E-state index >= 15 is 0 Å². The molecular weight excluding hydrogens is 654 g/mol. The lowest BCUT2D eigenvalue weighted by atomic mass is 9.87. The number of nitrogens with one attached hydrogen (secondary N) is 2. The van der Waals surface area contributed by atoms with Gasteiger partial charge < -0.3 is 10.2 Å². The lowest BCUT2D eigenvalue weighted by Gasteiger charge is -2.37. The Morgan fingerprint density at radius 3 is 2.28 bits per heavy atom. The van der Waals surface area contributed by atoms with E-state index in [1.165, 1.54) is 15.8 Å². The molecule has 5 heterocycles. The van der Waals surface area contributed by atoms with Gasteiger partial charge in [0, 0.05) is 52.2 Å². The highest BCUT2D eigenvalue weighted by Gasteiger charge is 2.45. The van der Waals surface area contributed by atoms with Gasteiger partial charge in [-0.05, 0) is 76.1 Å². The normalized spacial score (nSPS) is 23.5. The third kappa shape index (κ3) is 5.56. The predicted molar refractivity (Wildman–Crippen MR) is 172 cm³/mol. The number of nitrogens with zero attached hydrogens (tertiary/aromatic N) is 5. The molecule has 1 unspecified atom stereocenters. The summed E-state index contributed by atoms with van der Waals surface area (Å²) in [4.78, 5) is 68.4. The summed E-state index contributed by atoms with van der Waals surface area (Å²) in [5.74, 6) is -1.62. The van der Waals surface area contributed by atoms with Gasteiger partial charge in [-0.3, -0.25) is 39.1 Å². The van der Waals surface area contributed by atoms with Crippen molar-refractivity contribution in [1.29, 1.82) is 0 Å². The van der Waals surface area contributed by atoms with Crippen LogP contribution in [0.4, 0.5) is 5.69 Å². The molecule has 2 saturated heterocycles. The number of carbonyl (C=O) groups is 4. The Balaban J connectivity index is 0.991. The van der Waals surface area contributed by atoms with Crippen molar-refractivity contribution in [2.45, 2.75) is 56.9 Å². The maximum absolute atomic E-state index is 13.2. The van der Waals surface area contributed by atoms with E-state index in [1.807, 2.05) is 0 Å². The summed E-state index contributed by atoms with van der Waals surface area (Å²) in [7, 11) is 3.74. The van der Waals surface area contributed by atoms with Gasteiger partial charge in [-0.2, -0.15) is 5.10 Å². The highest BCUT2D eigenvalue weighted by molar-refractivity contribution is 9.10. The first kappa shape index (κ1) is 30.5. The Morgan fingerprint density at radius 1 is 0.957 bits per heavy atom. The first-order valence-electron chi connectivity index (χ1n) is 15.4. The number of hydrogen-bond acceptors (Lipinski definition) is 9. The number of hydrogen-bond donors (Lipinski definition) is 2. The van der Waals surface area contributed by atoms with Gasteiger partial charge >= 0.3 is 0 Å². The zero-order valence-electron chi connectivity index (χ0n) is 25.6. The molecule has 7 rings (SSSR count). The first-order valence-corrected chi connectivity index (χ1v) is 16.2. The third-order valence-corrected chi connectivity index (χ3v) is 10.2. The number of likely N-dealkylation sites (N-methyl/N-ethyl adjacent to an activating group) is 1. The monoisotopic (exact) mass is 687 g/mol. The number of aryl methyl sites for hydroxylation is 1. The molecular formula is C33H34BrN7O5. The fourth-order valence-corrected chi connectivity index (χ4v) is 7.67. The number of piperidine rings is 2. The Labute approximate surface area is 273 Å². The lowest BCUT2D eigenvalue weighted by Crippen LogP contribution is -2.54. The molecule has 13 heteroatoms. The van der Waals surface area contributed by atoms with Gasteiger partial charge in [0.25, 0.3) is 17.4 Å². The second kappa shape index (κ2) is 11.9. The van der Waals surface area contributed by atoms with Crippen LogP contribution < -0.4 is 16.2 Å². The van der Waals surface area contributed by atoms with Gasteiger partial charge in [-0.15, -0.1) is 0 Å². The predicted octanol–water partition coefficient (Wildman–Crippen LogP) is 2.36. The van der Waals surface area contributed by atoms with Gasteiger partial charge in [-0.1, -0.05) is 24.3 Å². The average molecular weight is 689 g/mol. The van der Waals surface area contributed by atoms with Gasteiger partial charge in [0.15, 0.2) is 0 Å². The van der Waals surface area contributed by atoms with Crippen molar-refractivity contribution in [3.8, 4) is 0 Å². The van der Waals surface area contributed by atoms with Crippen LogP contribution in [0.25, 0.3) is 0 Å². The van der Waals surface area contributed by atoms with E-state index in [-0.39, 0.29) is 30.3 Å². The van der Waals surface area contributed by atoms with E-state index in [4.69, 9.17) is 0 Å². The highest BCUT2D eigenvalue weighted by Crippen LogP contribution is 2.34.